The van der Waals surface area contributed by atoms with Crippen LogP contribution in [0.4, 0.5) is 0 Å². The van der Waals surface area contributed by atoms with E-state index >= 15 is 0 Å². The third kappa shape index (κ3) is 3.49. The first-order valence-electron chi connectivity index (χ1n) is 9.55. The van der Waals surface area contributed by atoms with Crippen LogP contribution in [0.1, 0.15) is 37.7 Å². The summed E-state index contributed by atoms with van der Waals surface area (Å²) in [4.78, 5) is 7.07. The molecule has 3 nitrogen and oxygen atoms in total. The molecule has 2 aliphatic rings. The molecular formula is C22H28N2O. The Morgan fingerprint density at radius 1 is 1.12 bits per heavy atom. The quantitative estimate of drug-likeness (QED) is 0.820. The lowest BCUT2D eigenvalue weighted by molar-refractivity contribution is -0.0366. The van der Waals surface area contributed by atoms with Gasteiger partial charge in [0.05, 0.1) is 11.8 Å². The van der Waals surface area contributed by atoms with Crippen molar-refractivity contribution >= 4 is 0 Å². The fourth-order valence-electron chi connectivity index (χ4n) is 4.91. The van der Waals surface area contributed by atoms with Gasteiger partial charge >= 0.3 is 0 Å². The number of nitrogens with zero attached hydrogens (tertiary/aromatic N) is 2. The maximum Gasteiger partial charge on any atom is 0.0701 e. The van der Waals surface area contributed by atoms with Crippen LogP contribution >= 0.6 is 0 Å². The lowest BCUT2D eigenvalue weighted by Crippen LogP contribution is -2.47. The van der Waals surface area contributed by atoms with Crippen molar-refractivity contribution in [3.63, 3.8) is 0 Å². The minimum atomic E-state index is 0.404. The Morgan fingerprint density at radius 3 is 2.72 bits per heavy atom. The zero-order valence-electron chi connectivity index (χ0n) is 15.2. The molecule has 1 aliphatic carbocycles. The monoisotopic (exact) mass is 336 g/mol. The van der Waals surface area contributed by atoms with Crippen molar-refractivity contribution in [2.24, 2.45) is 5.41 Å². The average molecular weight is 336 g/mol. The van der Waals surface area contributed by atoms with Crippen LogP contribution in [0.2, 0.25) is 0 Å². The Kier molecular flexibility index (Phi) is 4.87. The zero-order valence-corrected chi connectivity index (χ0v) is 15.2. The highest BCUT2D eigenvalue weighted by atomic mass is 16.5. The van der Waals surface area contributed by atoms with E-state index in [1.807, 2.05) is 25.4 Å². The van der Waals surface area contributed by atoms with E-state index in [-0.39, 0.29) is 0 Å². The van der Waals surface area contributed by atoms with Gasteiger partial charge in [-0.25, -0.2) is 0 Å². The van der Waals surface area contributed by atoms with E-state index in [1.54, 1.807) is 0 Å². The van der Waals surface area contributed by atoms with E-state index in [0.717, 1.165) is 12.2 Å². The number of hydrogen-bond donors (Lipinski definition) is 0. The number of rotatable bonds is 4. The predicted molar refractivity (Wildman–Crippen MR) is 101 cm³/mol. The van der Waals surface area contributed by atoms with E-state index in [9.17, 15) is 0 Å². The third-order valence-electron chi connectivity index (χ3n) is 6.12. The van der Waals surface area contributed by atoms with Crippen LogP contribution in [0, 0.1) is 5.41 Å². The van der Waals surface area contributed by atoms with Gasteiger partial charge in [-0.3, -0.25) is 9.88 Å². The van der Waals surface area contributed by atoms with Crippen LogP contribution in [0.15, 0.2) is 48.7 Å². The second kappa shape index (κ2) is 7.27. The summed E-state index contributed by atoms with van der Waals surface area (Å²) in [6, 6.07) is 15.0. The molecule has 1 saturated carbocycles. The molecule has 1 aromatic carbocycles. The second-order valence-corrected chi connectivity index (χ2v) is 7.71. The van der Waals surface area contributed by atoms with Gasteiger partial charge in [-0.15, -0.1) is 0 Å². The minimum Gasteiger partial charge on any atom is -0.381 e. The summed E-state index contributed by atoms with van der Waals surface area (Å²) in [6.45, 7) is 3.44. The molecule has 4 rings (SSSR count). The molecule has 2 fully saturated rings. The van der Waals surface area contributed by atoms with Gasteiger partial charge in [0.2, 0.25) is 0 Å². The van der Waals surface area contributed by atoms with Gasteiger partial charge in [-0.1, -0.05) is 36.8 Å². The van der Waals surface area contributed by atoms with Crippen LogP contribution in [-0.4, -0.2) is 36.2 Å². The highest BCUT2D eigenvalue weighted by Crippen LogP contribution is 2.46. The van der Waals surface area contributed by atoms with Gasteiger partial charge in [0.1, 0.15) is 0 Å². The first-order chi connectivity index (χ1) is 12.3. The first-order valence-corrected chi connectivity index (χ1v) is 9.55. The maximum absolute atomic E-state index is 5.83. The van der Waals surface area contributed by atoms with Crippen molar-refractivity contribution in [2.45, 2.75) is 44.8 Å². The molecular weight excluding hydrogens is 308 g/mol. The molecule has 132 valence electrons. The number of piperidine rings is 1. The van der Waals surface area contributed by atoms with Crippen molar-refractivity contribution in [1.29, 1.82) is 0 Å². The van der Waals surface area contributed by atoms with Crippen LogP contribution < -0.4 is 0 Å². The van der Waals surface area contributed by atoms with Crippen molar-refractivity contribution in [1.82, 2.24) is 9.88 Å². The van der Waals surface area contributed by atoms with Gasteiger partial charge in [0.25, 0.3) is 0 Å². The fraction of sp³-hybridized carbons (Fsp3) is 0.500. The molecule has 0 amide bonds. The molecule has 2 atom stereocenters. The highest BCUT2D eigenvalue weighted by Gasteiger charge is 2.45. The number of likely N-dealkylation sites (tertiary alicyclic amines) is 1. The molecule has 1 aromatic heterocycles. The summed E-state index contributed by atoms with van der Waals surface area (Å²) >= 11 is 0. The van der Waals surface area contributed by atoms with Crippen LogP contribution in [0.5, 0.6) is 0 Å². The Labute approximate surface area is 151 Å². The lowest BCUT2D eigenvalue weighted by Gasteiger charge is -2.43. The molecule has 0 radical (unpaired) electrons. The Morgan fingerprint density at radius 2 is 1.96 bits per heavy atom. The van der Waals surface area contributed by atoms with Crippen LogP contribution in [0.3, 0.4) is 0 Å². The molecule has 2 aromatic rings. The number of ether oxygens (including phenoxy) is 1. The van der Waals surface area contributed by atoms with Crippen LogP contribution in [0.25, 0.3) is 11.3 Å². The van der Waals surface area contributed by atoms with Crippen molar-refractivity contribution in [3.05, 3.63) is 54.2 Å². The van der Waals surface area contributed by atoms with E-state index in [2.05, 4.69) is 40.2 Å². The zero-order chi connectivity index (χ0) is 17.1. The molecule has 2 heterocycles. The number of methoxy groups -OCH3 is 1. The van der Waals surface area contributed by atoms with Crippen molar-refractivity contribution in [2.75, 3.05) is 20.2 Å². The molecule has 1 spiro atoms. The maximum atomic E-state index is 5.83. The Balaban J connectivity index is 1.43. The summed E-state index contributed by atoms with van der Waals surface area (Å²) in [5.74, 6) is 0. The summed E-state index contributed by atoms with van der Waals surface area (Å²) in [5.41, 5.74) is 4.03. The smallest absolute Gasteiger partial charge is 0.0701 e. The molecule has 1 saturated heterocycles. The van der Waals surface area contributed by atoms with E-state index in [0.29, 0.717) is 11.5 Å². The number of pyridine rings is 1. The second-order valence-electron chi connectivity index (χ2n) is 7.71. The molecule has 0 N–H and O–H groups in total. The van der Waals surface area contributed by atoms with Crippen molar-refractivity contribution in [3.8, 4) is 11.3 Å². The van der Waals surface area contributed by atoms with Gasteiger partial charge < -0.3 is 4.74 Å². The number of benzene rings is 1. The molecule has 25 heavy (non-hydrogen) atoms. The topological polar surface area (TPSA) is 25.4 Å². The number of hydrogen-bond acceptors (Lipinski definition) is 3. The summed E-state index contributed by atoms with van der Waals surface area (Å²) in [6.07, 6.45) is 8.84. The highest BCUT2D eigenvalue weighted by molar-refractivity contribution is 5.58. The Hall–Kier alpha value is -1.71. The molecule has 3 heteroatoms. The first kappa shape index (κ1) is 16.7. The lowest BCUT2D eigenvalue weighted by atomic mass is 9.76. The van der Waals surface area contributed by atoms with Gasteiger partial charge in [0.15, 0.2) is 0 Å². The largest absolute Gasteiger partial charge is 0.381 e. The summed E-state index contributed by atoms with van der Waals surface area (Å²) < 4.78 is 5.83. The van der Waals surface area contributed by atoms with Gasteiger partial charge in [0, 0.05) is 37.4 Å². The minimum absolute atomic E-state index is 0.404. The fourth-order valence-corrected chi connectivity index (χ4v) is 4.91. The van der Waals surface area contributed by atoms with E-state index in [1.165, 1.54) is 56.3 Å². The third-order valence-corrected chi connectivity index (χ3v) is 6.12. The predicted octanol–water partition coefficient (Wildman–Crippen LogP) is 4.53. The molecule has 1 aliphatic heterocycles. The normalized spacial score (nSPS) is 27.0. The van der Waals surface area contributed by atoms with Crippen molar-refractivity contribution < 1.29 is 4.74 Å². The van der Waals surface area contributed by atoms with Gasteiger partial charge in [-0.05, 0) is 49.9 Å². The summed E-state index contributed by atoms with van der Waals surface area (Å²) in [5, 5.41) is 0. The average Bonchev–Trinajstić information content (AvgIpc) is 3.05. The summed E-state index contributed by atoms with van der Waals surface area (Å²) in [7, 11) is 1.90. The Bertz CT molecular complexity index is 685. The molecule has 0 bridgehead atoms. The van der Waals surface area contributed by atoms with E-state index in [4.69, 9.17) is 4.74 Å². The van der Waals surface area contributed by atoms with E-state index < -0.39 is 0 Å². The molecule has 0 unspecified atom stereocenters. The standard InChI is InChI=1S/C22H28N2O/c1-25-21-7-4-12-22(21)13-5-15-24(17-22)16-18-8-10-19(11-9-18)20-6-2-3-14-23-20/h2-3,6,8-11,14,21H,4-5,7,12-13,15-17H2,1H3/t21-,22-/m1/s1. The number of aromatic nitrogens is 1. The van der Waals surface area contributed by atoms with Gasteiger partial charge in [-0.2, -0.15) is 0 Å². The SMILES string of the molecule is CO[C@@H]1CCC[C@]12CCCN(Cc1ccc(-c3ccccn3)cc1)C2. The van der Waals surface area contributed by atoms with Crippen LogP contribution in [-0.2, 0) is 11.3 Å².